The first-order valence-electron chi connectivity index (χ1n) is 7.23. The number of rotatable bonds is 3. The monoisotopic (exact) mass is 297 g/mol. The van der Waals surface area contributed by atoms with Gasteiger partial charge >= 0.3 is 12.1 Å². The Balaban J connectivity index is 2.00. The zero-order valence-electron chi connectivity index (χ0n) is 12.7. The first-order valence-corrected chi connectivity index (χ1v) is 7.23. The fraction of sp³-hybridized carbons (Fsp3) is 0.733. The minimum atomic E-state index is -0.948. The lowest BCUT2D eigenvalue weighted by atomic mass is 9.74. The van der Waals surface area contributed by atoms with Gasteiger partial charge in [0.05, 0.1) is 18.1 Å². The van der Waals surface area contributed by atoms with Crippen molar-refractivity contribution in [2.24, 2.45) is 11.3 Å². The van der Waals surface area contributed by atoms with Crippen LogP contribution in [0, 0.1) is 11.3 Å². The largest absolute Gasteiger partial charge is 0.481 e. The summed E-state index contributed by atoms with van der Waals surface area (Å²) in [5, 5.41) is 12.3. The topological polar surface area (TPSA) is 84.9 Å². The molecular formula is C15H23NO5. The normalized spacial score (nSPS) is 32.1. The van der Waals surface area contributed by atoms with E-state index in [0.717, 1.165) is 6.42 Å². The average Bonchev–Trinajstić information content (AvgIpc) is 2.94. The molecule has 0 bridgehead atoms. The maximum Gasteiger partial charge on any atom is 0.408 e. The second kappa shape index (κ2) is 5.67. The molecule has 0 aromatic carbocycles. The van der Waals surface area contributed by atoms with Gasteiger partial charge in [-0.15, -0.1) is 0 Å². The van der Waals surface area contributed by atoms with Gasteiger partial charge in [0.15, 0.2) is 0 Å². The summed E-state index contributed by atoms with van der Waals surface area (Å²) in [6.07, 6.45) is 4.00. The van der Waals surface area contributed by atoms with Gasteiger partial charge in [-0.25, -0.2) is 4.79 Å². The van der Waals surface area contributed by atoms with Gasteiger partial charge in [0, 0.05) is 12.5 Å². The molecule has 0 aromatic heterocycles. The van der Waals surface area contributed by atoms with Gasteiger partial charge in [0.1, 0.15) is 5.60 Å². The van der Waals surface area contributed by atoms with Crippen molar-refractivity contribution in [1.29, 1.82) is 0 Å². The number of amides is 1. The number of nitrogens with one attached hydrogen (secondary N) is 1. The molecule has 6 nitrogen and oxygen atoms in total. The Morgan fingerprint density at radius 1 is 1.43 bits per heavy atom. The zero-order chi connectivity index (χ0) is 15.7. The number of carbonyl (C=O) groups excluding carboxylic acids is 1. The van der Waals surface area contributed by atoms with Crippen LogP contribution < -0.4 is 5.32 Å². The molecule has 0 aromatic rings. The highest BCUT2D eigenvalue weighted by atomic mass is 16.6. The lowest BCUT2D eigenvalue weighted by molar-refractivity contribution is -0.149. The molecule has 21 heavy (non-hydrogen) atoms. The number of carbonyl (C=O) groups is 2. The highest BCUT2D eigenvalue weighted by Gasteiger charge is 2.49. The third kappa shape index (κ3) is 3.56. The Bertz CT molecular complexity index is 447. The molecule has 6 heteroatoms. The van der Waals surface area contributed by atoms with E-state index in [9.17, 15) is 14.7 Å². The van der Waals surface area contributed by atoms with Gasteiger partial charge in [-0.05, 0) is 33.6 Å². The Hall–Kier alpha value is -1.56. The van der Waals surface area contributed by atoms with Crippen LogP contribution in [0.1, 0.15) is 33.6 Å². The number of aliphatic carboxylic acids is 1. The average molecular weight is 297 g/mol. The van der Waals surface area contributed by atoms with E-state index in [1.807, 2.05) is 0 Å². The Kier molecular flexibility index (Phi) is 4.27. The Labute approximate surface area is 124 Å². The van der Waals surface area contributed by atoms with E-state index in [1.165, 1.54) is 0 Å². The SMILES string of the molecule is CC(C)(C)OC(=O)NC1C=CC(C(=O)O)(C2CCOC2)C1. The third-order valence-corrected chi connectivity index (χ3v) is 3.94. The molecule has 118 valence electrons. The standard InChI is InChI=1S/C15H23NO5/c1-14(2,3)21-13(19)16-11-4-6-15(8-11,12(17)18)10-5-7-20-9-10/h4,6,10-11H,5,7-9H2,1-3H3,(H,16,19)(H,17,18). The molecule has 1 fully saturated rings. The summed E-state index contributed by atoms with van der Waals surface area (Å²) in [6, 6.07) is -0.323. The second-order valence-corrected chi connectivity index (χ2v) is 6.72. The molecule has 1 amide bonds. The van der Waals surface area contributed by atoms with Crippen molar-refractivity contribution in [2.45, 2.75) is 45.3 Å². The van der Waals surface area contributed by atoms with Crippen molar-refractivity contribution in [1.82, 2.24) is 5.32 Å². The van der Waals surface area contributed by atoms with Crippen LogP contribution in [-0.4, -0.2) is 42.0 Å². The highest BCUT2D eigenvalue weighted by molar-refractivity contribution is 5.79. The molecule has 0 spiro atoms. The van der Waals surface area contributed by atoms with Crippen molar-refractivity contribution in [3.63, 3.8) is 0 Å². The van der Waals surface area contributed by atoms with Crippen LogP contribution in [0.15, 0.2) is 12.2 Å². The van der Waals surface area contributed by atoms with Crippen LogP contribution in [0.3, 0.4) is 0 Å². The van der Waals surface area contributed by atoms with E-state index in [0.29, 0.717) is 19.6 Å². The first-order chi connectivity index (χ1) is 9.73. The summed E-state index contributed by atoms with van der Waals surface area (Å²) in [5.74, 6) is -0.903. The number of carboxylic acids is 1. The van der Waals surface area contributed by atoms with E-state index in [-0.39, 0.29) is 12.0 Å². The number of hydrogen-bond donors (Lipinski definition) is 2. The fourth-order valence-corrected chi connectivity index (χ4v) is 2.92. The summed E-state index contributed by atoms with van der Waals surface area (Å²) in [6.45, 7) is 6.41. The lowest BCUT2D eigenvalue weighted by Gasteiger charge is -2.29. The van der Waals surface area contributed by atoms with Crippen LogP contribution in [0.4, 0.5) is 4.79 Å². The molecule has 1 saturated heterocycles. The van der Waals surface area contributed by atoms with E-state index in [2.05, 4.69) is 5.32 Å². The van der Waals surface area contributed by atoms with Crippen LogP contribution in [-0.2, 0) is 14.3 Å². The lowest BCUT2D eigenvalue weighted by Crippen LogP contribution is -2.42. The Morgan fingerprint density at radius 3 is 2.67 bits per heavy atom. The molecule has 2 rings (SSSR count). The second-order valence-electron chi connectivity index (χ2n) is 6.72. The Morgan fingerprint density at radius 2 is 2.14 bits per heavy atom. The van der Waals surface area contributed by atoms with E-state index < -0.39 is 23.1 Å². The number of alkyl carbamates (subject to hydrolysis) is 1. The smallest absolute Gasteiger partial charge is 0.408 e. The van der Waals surface area contributed by atoms with Gasteiger partial charge in [0.2, 0.25) is 0 Å². The molecule has 1 heterocycles. The zero-order valence-corrected chi connectivity index (χ0v) is 12.7. The summed E-state index contributed by atoms with van der Waals surface area (Å²) in [5.41, 5.74) is -1.52. The molecule has 1 aliphatic carbocycles. The highest BCUT2D eigenvalue weighted by Crippen LogP contribution is 2.43. The van der Waals surface area contributed by atoms with Crippen molar-refractivity contribution < 1.29 is 24.2 Å². The van der Waals surface area contributed by atoms with Gasteiger partial charge < -0.3 is 19.9 Å². The molecule has 0 saturated carbocycles. The third-order valence-electron chi connectivity index (χ3n) is 3.94. The predicted octanol–water partition coefficient (Wildman–Crippen LogP) is 1.95. The summed E-state index contributed by atoms with van der Waals surface area (Å²) < 4.78 is 10.5. The molecule has 0 radical (unpaired) electrons. The van der Waals surface area contributed by atoms with Gasteiger partial charge in [-0.1, -0.05) is 12.2 Å². The van der Waals surface area contributed by atoms with Crippen molar-refractivity contribution in [3.05, 3.63) is 12.2 Å². The van der Waals surface area contributed by atoms with Crippen LogP contribution in [0.25, 0.3) is 0 Å². The molecular weight excluding hydrogens is 274 g/mol. The summed E-state index contributed by atoms with van der Waals surface area (Å²) in [7, 11) is 0. The molecule has 1 aliphatic heterocycles. The maximum absolute atomic E-state index is 11.8. The molecule has 2 N–H and O–H groups in total. The number of ether oxygens (including phenoxy) is 2. The molecule has 3 unspecified atom stereocenters. The maximum atomic E-state index is 11.8. The summed E-state index contributed by atoms with van der Waals surface area (Å²) in [4.78, 5) is 23.5. The number of carboxylic acid groups (broad SMARTS) is 1. The predicted molar refractivity (Wildman–Crippen MR) is 75.9 cm³/mol. The summed E-state index contributed by atoms with van der Waals surface area (Å²) >= 11 is 0. The quantitative estimate of drug-likeness (QED) is 0.778. The van der Waals surface area contributed by atoms with Crippen molar-refractivity contribution in [2.75, 3.05) is 13.2 Å². The van der Waals surface area contributed by atoms with E-state index >= 15 is 0 Å². The molecule has 2 aliphatic rings. The molecule has 3 atom stereocenters. The van der Waals surface area contributed by atoms with Crippen LogP contribution in [0.2, 0.25) is 0 Å². The minimum absolute atomic E-state index is 0.0447. The first kappa shape index (κ1) is 15.8. The van der Waals surface area contributed by atoms with Crippen LogP contribution >= 0.6 is 0 Å². The minimum Gasteiger partial charge on any atom is -0.481 e. The number of hydrogen-bond acceptors (Lipinski definition) is 4. The van der Waals surface area contributed by atoms with Crippen molar-refractivity contribution >= 4 is 12.1 Å². The van der Waals surface area contributed by atoms with Gasteiger partial charge in [0.25, 0.3) is 0 Å². The van der Waals surface area contributed by atoms with Crippen LogP contribution in [0.5, 0.6) is 0 Å². The fourth-order valence-electron chi connectivity index (χ4n) is 2.92. The van der Waals surface area contributed by atoms with E-state index in [1.54, 1.807) is 32.9 Å². The van der Waals surface area contributed by atoms with Gasteiger partial charge in [-0.3, -0.25) is 4.79 Å². The van der Waals surface area contributed by atoms with Gasteiger partial charge in [-0.2, -0.15) is 0 Å². The van der Waals surface area contributed by atoms with E-state index in [4.69, 9.17) is 9.47 Å². The van der Waals surface area contributed by atoms with Crippen molar-refractivity contribution in [3.8, 4) is 0 Å².